The summed E-state index contributed by atoms with van der Waals surface area (Å²) >= 11 is 0. The lowest BCUT2D eigenvalue weighted by Crippen LogP contribution is -2.41. The van der Waals surface area contributed by atoms with Crippen molar-refractivity contribution in [3.05, 3.63) is 42.1 Å². The Labute approximate surface area is 166 Å². The Kier molecular flexibility index (Phi) is 6.12. The molecule has 0 saturated carbocycles. The largest absolute Gasteiger partial charge is 0.486 e. The molecule has 0 saturated heterocycles. The predicted molar refractivity (Wildman–Crippen MR) is 100 cm³/mol. The van der Waals surface area contributed by atoms with E-state index in [0.717, 1.165) is 0 Å². The number of urea groups is 1. The molecular weight excluding hydrogens is 382 g/mol. The highest BCUT2D eigenvalue weighted by molar-refractivity contribution is 6.03. The van der Waals surface area contributed by atoms with Crippen LogP contribution in [0, 0.1) is 0 Å². The Morgan fingerprint density at radius 1 is 1.14 bits per heavy atom. The van der Waals surface area contributed by atoms with Crippen molar-refractivity contribution in [3.8, 4) is 17.4 Å². The number of nitrogens with one attached hydrogen (secondary N) is 2. The summed E-state index contributed by atoms with van der Waals surface area (Å²) in [4.78, 5) is 40.3. The fourth-order valence-electron chi connectivity index (χ4n) is 2.48. The van der Waals surface area contributed by atoms with Gasteiger partial charge in [0.15, 0.2) is 17.6 Å². The molecule has 1 aliphatic rings. The number of carbonyl (C=O) groups excluding carboxylic acids is 3. The van der Waals surface area contributed by atoms with Crippen LogP contribution in [0.2, 0.25) is 0 Å². The number of benzene rings is 1. The van der Waals surface area contributed by atoms with Gasteiger partial charge in [0.05, 0.1) is 7.11 Å². The van der Waals surface area contributed by atoms with Gasteiger partial charge < -0.3 is 24.3 Å². The number of anilines is 1. The molecule has 0 bridgehead atoms. The number of amides is 3. The molecule has 3 rings (SSSR count). The topological polar surface area (TPSA) is 125 Å². The van der Waals surface area contributed by atoms with Gasteiger partial charge in [0, 0.05) is 18.0 Å². The molecule has 1 unspecified atom stereocenters. The molecule has 1 atom stereocenters. The first-order valence-electron chi connectivity index (χ1n) is 8.69. The van der Waals surface area contributed by atoms with Crippen molar-refractivity contribution in [1.82, 2.24) is 10.3 Å². The van der Waals surface area contributed by atoms with Crippen LogP contribution in [0.3, 0.4) is 0 Å². The number of pyridine rings is 1. The molecule has 2 aromatic rings. The Hall–Kier alpha value is -3.82. The molecule has 3 amide bonds. The monoisotopic (exact) mass is 401 g/mol. The number of ether oxygens (including phenoxy) is 4. The van der Waals surface area contributed by atoms with Crippen molar-refractivity contribution >= 4 is 23.6 Å². The van der Waals surface area contributed by atoms with E-state index in [4.69, 9.17) is 18.9 Å². The lowest BCUT2D eigenvalue weighted by Gasteiger charge is -2.19. The normalized spacial score (nSPS) is 13.0. The third kappa shape index (κ3) is 4.92. The van der Waals surface area contributed by atoms with Crippen molar-refractivity contribution in [1.29, 1.82) is 0 Å². The molecule has 0 fully saturated rings. The van der Waals surface area contributed by atoms with E-state index in [2.05, 4.69) is 15.6 Å². The number of rotatable bonds is 5. The van der Waals surface area contributed by atoms with Crippen LogP contribution in [-0.4, -0.2) is 49.3 Å². The number of imide groups is 1. The Balaban J connectivity index is 1.55. The first kappa shape index (κ1) is 19.9. The molecule has 152 valence electrons. The summed E-state index contributed by atoms with van der Waals surface area (Å²) in [6, 6.07) is 7.04. The number of nitrogens with zero attached hydrogens (tertiary/aromatic N) is 1. The predicted octanol–water partition coefficient (Wildman–Crippen LogP) is 1.75. The zero-order valence-electron chi connectivity index (χ0n) is 15.8. The van der Waals surface area contributed by atoms with Gasteiger partial charge in [0.1, 0.15) is 18.8 Å². The van der Waals surface area contributed by atoms with Crippen LogP contribution in [-0.2, 0) is 9.53 Å². The quantitative estimate of drug-likeness (QED) is 0.726. The van der Waals surface area contributed by atoms with Gasteiger partial charge in [0.25, 0.3) is 5.91 Å². The number of esters is 1. The van der Waals surface area contributed by atoms with E-state index >= 15 is 0 Å². The number of hydrogen-bond donors (Lipinski definition) is 2. The lowest BCUT2D eigenvalue weighted by atomic mass is 10.2. The van der Waals surface area contributed by atoms with E-state index < -0.39 is 24.0 Å². The van der Waals surface area contributed by atoms with Crippen LogP contribution < -0.4 is 24.8 Å². The molecule has 0 spiro atoms. The highest BCUT2D eigenvalue weighted by Crippen LogP contribution is 2.32. The maximum absolute atomic E-state index is 12.2. The first-order chi connectivity index (χ1) is 14.0. The molecule has 1 aromatic heterocycles. The summed E-state index contributed by atoms with van der Waals surface area (Å²) < 4.78 is 20.9. The van der Waals surface area contributed by atoms with E-state index in [1.54, 1.807) is 18.2 Å². The van der Waals surface area contributed by atoms with E-state index in [0.29, 0.717) is 30.4 Å². The highest BCUT2D eigenvalue weighted by Gasteiger charge is 2.23. The Morgan fingerprint density at radius 2 is 1.90 bits per heavy atom. The molecule has 0 aliphatic carbocycles. The van der Waals surface area contributed by atoms with Gasteiger partial charge in [-0.3, -0.25) is 10.1 Å². The average molecular weight is 401 g/mol. The van der Waals surface area contributed by atoms with E-state index in [1.165, 1.54) is 32.4 Å². The second-order valence-corrected chi connectivity index (χ2v) is 5.91. The maximum atomic E-state index is 12.2. The SMILES string of the molecule is COc1ncccc1C(=O)OC(C)C(=O)NC(=O)Nc1ccc2c(c1)OCCO2. The minimum absolute atomic E-state index is 0.0652. The molecule has 29 heavy (non-hydrogen) atoms. The van der Waals surface area contributed by atoms with Crippen LogP contribution in [0.5, 0.6) is 17.4 Å². The third-order valence-electron chi connectivity index (χ3n) is 3.87. The molecule has 2 heterocycles. The number of fused-ring (bicyclic) bond motifs is 1. The van der Waals surface area contributed by atoms with Gasteiger partial charge in [-0.05, 0) is 31.2 Å². The molecule has 10 heteroatoms. The van der Waals surface area contributed by atoms with Crippen LogP contribution >= 0.6 is 0 Å². The minimum atomic E-state index is -1.22. The van der Waals surface area contributed by atoms with Gasteiger partial charge in [-0.1, -0.05) is 0 Å². The molecule has 10 nitrogen and oxygen atoms in total. The third-order valence-corrected chi connectivity index (χ3v) is 3.87. The summed E-state index contributed by atoms with van der Waals surface area (Å²) in [7, 11) is 1.36. The van der Waals surface area contributed by atoms with Crippen LogP contribution in [0.15, 0.2) is 36.5 Å². The van der Waals surface area contributed by atoms with Gasteiger partial charge in [0.2, 0.25) is 5.88 Å². The molecule has 1 aromatic carbocycles. The zero-order chi connectivity index (χ0) is 20.8. The summed E-state index contributed by atoms with van der Waals surface area (Å²) in [5.41, 5.74) is 0.472. The summed E-state index contributed by atoms with van der Waals surface area (Å²) in [5.74, 6) is -0.458. The minimum Gasteiger partial charge on any atom is -0.486 e. The van der Waals surface area contributed by atoms with E-state index in [-0.39, 0.29) is 11.4 Å². The first-order valence-corrected chi connectivity index (χ1v) is 8.69. The molecule has 1 aliphatic heterocycles. The highest BCUT2D eigenvalue weighted by atomic mass is 16.6. The van der Waals surface area contributed by atoms with E-state index in [1.807, 2.05) is 0 Å². The van der Waals surface area contributed by atoms with Crippen LogP contribution in [0.1, 0.15) is 17.3 Å². The fourth-order valence-corrected chi connectivity index (χ4v) is 2.48. The summed E-state index contributed by atoms with van der Waals surface area (Å²) in [6.45, 7) is 2.20. The second kappa shape index (κ2) is 8.91. The van der Waals surface area contributed by atoms with Crippen molar-refractivity contribution in [2.75, 3.05) is 25.6 Å². The average Bonchev–Trinajstić information content (AvgIpc) is 2.73. The zero-order valence-corrected chi connectivity index (χ0v) is 15.8. The Morgan fingerprint density at radius 3 is 2.66 bits per heavy atom. The van der Waals surface area contributed by atoms with Crippen LogP contribution in [0.4, 0.5) is 10.5 Å². The number of carbonyl (C=O) groups is 3. The van der Waals surface area contributed by atoms with Gasteiger partial charge >= 0.3 is 12.0 Å². The van der Waals surface area contributed by atoms with Gasteiger partial charge in [-0.2, -0.15) is 0 Å². The maximum Gasteiger partial charge on any atom is 0.344 e. The number of hydrogen-bond acceptors (Lipinski definition) is 8. The number of aromatic nitrogens is 1. The Bertz CT molecular complexity index is 932. The van der Waals surface area contributed by atoms with Crippen LogP contribution in [0.25, 0.3) is 0 Å². The molecule has 0 radical (unpaired) electrons. The summed E-state index contributed by atoms with van der Waals surface area (Å²) in [5, 5.41) is 4.61. The van der Waals surface area contributed by atoms with Crippen molar-refractivity contribution in [2.45, 2.75) is 13.0 Å². The summed E-state index contributed by atoms with van der Waals surface area (Å²) in [6.07, 6.45) is 0.229. The fraction of sp³-hybridized carbons (Fsp3) is 0.263. The smallest absolute Gasteiger partial charge is 0.344 e. The van der Waals surface area contributed by atoms with Crippen molar-refractivity contribution in [2.24, 2.45) is 0 Å². The molecular formula is C19H19N3O7. The van der Waals surface area contributed by atoms with Crippen molar-refractivity contribution in [3.63, 3.8) is 0 Å². The lowest BCUT2D eigenvalue weighted by molar-refractivity contribution is -0.127. The second-order valence-electron chi connectivity index (χ2n) is 5.91. The van der Waals surface area contributed by atoms with Gasteiger partial charge in [-0.25, -0.2) is 14.6 Å². The van der Waals surface area contributed by atoms with E-state index in [9.17, 15) is 14.4 Å². The standard InChI is InChI=1S/C19H19N3O7/c1-11(29-18(24)13-4-3-7-20-17(13)26-2)16(23)22-19(25)21-12-5-6-14-15(10-12)28-9-8-27-14/h3-7,10-11H,8-9H2,1-2H3,(H2,21,22,23,25). The number of methoxy groups -OCH3 is 1. The van der Waals surface area contributed by atoms with Gasteiger partial charge in [-0.15, -0.1) is 0 Å². The van der Waals surface area contributed by atoms with Crippen molar-refractivity contribution < 1.29 is 33.3 Å². The molecule has 2 N–H and O–H groups in total.